The van der Waals surface area contributed by atoms with Gasteiger partial charge in [-0.2, -0.15) is 0 Å². The fraction of sp³-hybridized carbons (Fsp3) is 0.238. The number of carboxylic acid groups (broad SMARTS) is 1. The molecule has 5 heteroatoms. The maximum Gasteiger partial charge on any atom is 0.341 e. The van der Waals surface area contributed by atoms with Gasteiger partial charge in [0.05, 0.1) is 0 Å². The van der Waals surface area contributed by atoms with E-state index in [1.54, 1.807) is 6.07 Å². The predicted octanol–water partition coefficient (Wildman–Crippen LogP) is 3.14. The maximum absolute atomic E-state index is 11.6. The Labute approximate surface area is 152 Å². The van der Waals surface area contributed by atoms with Crippen LogP contribution in [0.25, 0.3) is 5.57 Å². The molecule has 5 nitrogen and oxygen atoms in total. The first-order valence-corrected chi connectivity index (χ1v) is 8.47. The highest BCUT2D eigenvalue weighted by atomic mass is 16.5. The molecule has 0 spiro atoms. The minimum atomic E-state index is -1.04. The van der Waals surface area contributed by atoms with Crippen LogP contribution in [0.15, 0.2) is 54.1 Å². The number of carbonyl (C=O) groups is 2. The molecule has 0 aromatic heterocycles. The van der Waals surface area contributed by atoms with Crippen molar-refractivity contribution < 1.29 is 19.4 Å². The van der Waals surface area contributed by atoms with E-state index in [9.17, 15) is 9.59 Å². The highest BCUT2D eigenvalue weighted by Gasteiger charge is 2.32. The van der Waals surface area contributed by atoms with Gasteiger partial charge in [0.25, 0.3) is 0 Å². The summed E-state index contributed by atoms with van der Waals surface area (Å²) in [7, 11) is 0. The van der Waals surface area contributed by atoms with Gasteiger partial charge in [-0.15, -0.1) is 0 Å². The molecule has 3 rings (SSSR count). The predicted molar refractivity (Wildman–Crippen MR) is 98.9 cm³/mol. The Morgan fingerprint density at radius 2 is 1.85 bits per heavy atom. The molecule has 0 aliphatic heterocycles. The van der Waals surface area contributed by atoms with Crippen LogP contribution in [0.2, 0.25) is 0 Å². The van der Waals surface area contributed by atoms with Gasteiger partial charge in [0.2, 0.25) is 5.91 Å². The summed E-state index contributed by atoms with van der Waals surface area (Å²) in [5.74, 6) is -1.12. The van der Waals surface area contributed by atoms with Gasteiger partial charge in [-0.1, -0.05) is 48.0 Å². The molecule has 26 heavy (non-hydrogen) atoms. The van der Waals surface area contributed by atoms with Gasteiger partial charge < -0.3 is 15.6 Å². The van der Waals surface area contributed by atoms with Crippen molar-refractivity contribution in [2.75, 3.05) is 6.61 Å². The Morgan fingerprint density at radius 3 is 2.50 bits per heavy atom. The average Bonchev–Trinajstić information content (AvgIpc) is 2.86. The van der Waals surface area contributed by atoms with Gasteiger partial charge >= 0.3 is 5.97 Å². The maximum atomic E-state index is 11.6. The van der Waals surface area contributed by atoms with E-state index in [1.807, 2.05) is 37.3 Å². The minimum Gasteiger partial charge on any atom is -0.482 e. The lowest BCUT2D eigenvalue weighted by Gasteiger charge is -2.16. The van der Waals surface area contributed by atoms with Gasteiger partial charge in [-0.25, -0.2) is 4.79 Å². The zero-order chi connectivity index (χ0) is 18.7. The average molecular weight is 351 g/mol. The molecular weight excluding hydrogens is 330 g/mol. The molecule has 2 aromatic rings. The molecule has 2 aromatic carbocycles. The second-order valence-corrected chi connectivity index (χ2v) is 6.45. The summed E-state index contributed by atoms with van der Waals surface area (Å²) in [6.45, 7) is 1.58. The highest BCUT2D eigenvalue weighted by molar-refractivity contribution is 5.85. The standard InChI is InChI=1S/C21H21NO4/c1-13-16(10-14-6-3-2-4-7-14)15-8-5-9-18(26-12-20(24)25)21(15)17(13)11-19(22)23/h2-9,17H,10-12H2,1H3,(H2,22,23)(H,24,25). The number of carbonyl (C=O) groups excluding carboxylic acids is 1. The molecule has 0 radical (unpaired) electrons. The fourth-order valence-electron chi connectivity index (χ4n) is 3.56. The largest absolute Gasteiger partial charge is 0.482 e. The van der Waals surface area contributed by atoms with E-state index in [1.165, 1.54) is 5.56 Å². The quantitative estimate of drug-likeness (QED) is 0.802. The molecule has 134 valence electrons. The van der Waals surface area contributed by atoms with E-state index >= 15 is 0 Å². The van der Waals surface area contributed by atoms with Crippen LogP contribution in [-0.4, -0.2) is 23.6 Å². The van der Waals surface area contributed by atoms with Crippen molar-refractivity contribution in [3.8, 4) is 5.75 Å². The number of hydrogen-bond donors (Lipinski definition) is 2. The number of amides is 1. The van der Waals surface area contributed by atoms with Gasteiger partial charge in [-0.3, -0.25) is 4.79 Å². The molecule has 1 amide bonds. The summed E-state index contributed by atoms with van der Waals surface area (Å²) in [6.07, 6.45) is 0.905. The first-order valence-electron chi connectivity index (χ1n) is 8.47. The molecule has 0 heterocycles. The fourth-order valence-corrected chi connectivity index (χ4v) is 3.56. The van der Waals surface area contributed by atoms with Crippen LogP contribution in [0.5, 0.6) is 5.75 Å². The molecule has 0 fully saturated rings. The number of rotatable bonds is 7. The summed E-state index contributed by atoms with van der Waals surface area (Å²) in [6, 6.07) is 15.7. The van der Waals surface area contributed by atoms with E-state index in [2.05, 4.69) is 12.1 Å². The second kappa shape index (κ2) is 7.44. The molecular formula is C21H21NO4. The van der Waals surface area contributed by atoms with Crippen LogP contribution in [0.3, 0.4) is 0 Å². The summed E-state index contributed by atoms with van der Waals surface area (Å²) in [5, 5.41) is 8.92. The number of primary amides is 1. The zero-order valence-electron chi connectivity index (χ0n) is 14.6. The SMILES string of the molecule is CC1=C(Cc2ccccc2)c2cccc(OCC(=O)O)c2C1CC(N)=O. The third-order valence-electron chi connectivity index (χ3n) is 4.72. The lowest BCUT2D eigenvalue weighted by molar-refractivity contribution is -0.139. The normalized spacial score (nSPS) is 15.7. The number of benzene rings is 2. The van der Waals surface area contributed by atoms with Gasteiger partial charge in [0.15, 0.2) is 6.61 Å². The van der Waals surface area contributed by atoms with Crippen molar-refractivity contribution in [3.05, 3.63) is 70.8 Å². The Hall–Kier alpha value is -3.08. The Bertz CT molecular complexity index is 871. The number of fused-ring (bicyclic) bond motifs is 1. The zero-order valence-corrected chi connectivity index (χ0v) is 14.6. The lowest BCUT2D eigenvalue weighted by atomic mass is 9.92. The van der Waals surface area contributed by atoms with Crippen molar-refractivity contribution >= 4 is 17.4 Å². The van der Waals surface area contributed by atoms with Gasteiger partial charge in [0.1, 0.15) is 5.75 Å². The molecule has 3 N–H and O–H groups in total. The highest BCUT2D eigenvalue weighted by Crippen LogP contribution is 2.48. The van der Waals surface area contributed by atoms with Crippen molar-refractivity contribution in [2.45, 2.75) is 25.7 Å². The van der Waals surface area contributed by atoms with Gasteiger partial charge in [0, 0.05) is 17.9 Å². The van der Waals surface area contributed by atoms with E-state index in [0.29, 0.717) is 5.75 Å². The van der Waals surface area contributed by atoms with E-state index in [-0.39, 0.29) is 12.3 Å². The molecule has 0 saturated carbocycles. The Kier molecular flexibility index (Phi) is 5.07. The lowest BCUT2D eigenvalue weighted by Crippen LogP contribution is -2.16. The van der Waals surface area contributed by atoms with Gasteiger partial charge in [-0.05, 0) is 36.1 Å². The third kappa shape index (κ3) is 3.61. The van der Waals surface area contributed by atoms with E-state index < -0.39 is 18.5 Å². The number of aliphatic carboxylic acids is 1. The van der Waals surface area contributed by atoms with Crippen LogP contribution in [0, 0.1) is 0 Å². The molecule has 1 unspecified atom stereocenters. The van der Waals surface area contributed by atoms with Crippen LogP contribution >= 0.6 is 0 Å². The summed E-state index contributed by atoms with van der Waals surface area (Å²) in [5.41, 5.74) is 10.7. The molecule has 1 aliphatic carbocycles. The molecule has 0 saturated heterocycles. The number of carboxylic acids is 1. The smallest absolute Gasteiger partial charge is 0.341 e. The number of nitrogens with two attached hydrogens (primary N) is 1. The first-order chi connectivity index (χ1) is 12.5. The summed E-state index contributed by atoms with van der Waals surface area (Å²) < 4.78 is 5.49. The first kappa shape index (κ1) is 17.7. The topological polar surface area (TPSA) is 89.6 Å². The number of allylic oxidation sites excluding steroid dienone is 2. The Morgan fingerprint density at radius 1 is 1.12 bits per heavy atom. The van der Waals surface area contributed by atoms with E-state index in [0.717, 1.165) is 28.7 Å². The number of ether oxygens (including phenoxy) is 1. The third-order valence-corrected chi connectivity index (χ3v) is 4.72. The van der Waals surface area contributed by atoms with Crippen molar-refractivity contribution in [1.29, 1.82) is 0 Å². The second-order valence-electron chi connectivity index (χ2n) is 6.45. The van der Waals surface area contributed by atoms with Crippen LogP contribution in [0.1, 0.15) is 36.0 Å². The van der Waals surface area contributed by atoms with Crippen LogP contribution < -0.4 is 10.5 Å². The summed E-state index contributed by atoms with van der Waals surface area (Å²) >= 11 is 0. The number of hydrogen-bond acceptors (Lipinski definition) is 3. The summed E-state index contributed by atoms with van der Waals surface area (Å²) in [4.78, 5) is 22.5. The van der Waals surface area contributed by atoms with Crippen LogP contribution in [0.4, 0.5) is 0 Å². The monoisotopic (exact) mass is 351 g/mol. The Balaban J connectivity index is 2.03. The molecule has 0 bridgehead atoms. The van der Waals surface area contributed by atoms with Crippen molar-refractivity contribution in [1.82, 2.24) is 0 Å². The van der Waals surface area contributed by atoms with E-state index in [4.69, 9.17) is 15.6 Å². The van der Waals surface area contributed by atoms with Crippen molar-refractivity contribution in [2.24, 2.45) is 5.73 Å². The molecule has 1 aliphatic rings. The van der Waals surface area contributed by atoms with Crippen molar-refractivity contribution in [3.63, 3.8) is 0 Å². The molecule has 1 atom stereocenters. The minimum absolute atomic E-state index is 0.171. The van der Waals surface area contributed by atoms with Crippen LogP contribution in [-0.2, 0) is 16.0 Å².